The quantitative estimate of drug-likeness (QED) is 0.801. The van der Waals surface area contributed by atoms with E-state index in [1.54, 1.807) is 6.92 Å². The summed E-state index contributed by atoms with van der Waals surface area (Å²) < 4.78 is 0. The highest BCUT2D eigenvalue weighted by atomic mass is 35.5. The summed E-state index contributed by atoms with van der Waals surface area (Å²) in [5.74, 6) is 0.807. The van der Waals surface area contributed by atoms with Gasteiger partial charge in [-0.2, -0.15) is 0 Å². The first-order valence-electron chi connectivity index (χ1n) is 9.87. The molecule has 1 aliphatic carbocycles. The molecule has 1 heterocycles. The molecular formula is C21H32ClN3O2. The van der Waals surface area contributed by atoms with Crippen LogP contribution in [0.15, 0.2) is 24.3 Å². The summed E-state index contributed by atoms with van der Waals surface area (Å²) in [6.45, 7) is 6.22. The molecule has 1 saturated heterocycles. The van der Waals surface area contributed by atoms with E-state index in [4.69, 9.17) is 0 Å². The minimum absolute atomic E-state index is 0. The molecule has 2 fully saturated rings. The van der Waals surface area contributed by atoms with E-state index < -0.39 is 0 Å². The number of hydrogen-bond donors (Lipinski definition) is 2. The molecule has 150 valence electrons. The van der Waals surface area contributed by atoms with Crippen molar-refractivity contribution in [2.24, 2.45) is 5.92 Å². The molecule has 3 rings (SSSR count). The van der Waals surface area contributed by atoms with E-state index >= 15 is 0 Å². The molecule has 3 unspecified atom stereocenters. The van der Waals surface area contributed by atoms with Gasteiger partial charge in [0, 0.05) is 31.2 Å². The number of carbonyl (C=O) groups is 2. The van der Waals surface area contributed by atoms with Crippen LogP contribution in [-0.2, 0) is 16.1 Å². The van der Waals surface area contributed by atoms with Gasteiger partial charge in [0.1, 0.15) is 0 Å². The van der Waals surface area contributed by atoms with Crippen molar-refractivity contribution in [1.29, 1.82) is 0 Å². The van der Waals surface area contributed by atoms with Gasteiger partial charge >= 0.3 is 0 Å². The summed E-state index contributed by atoms with van der Waals surface area (Å²) in [5.41, 5.74) is 1.88. The maximum Gasteiger partial charge on any atom is 0.241 e. The van der Waals surface area contributed by atoms with Crippen LogP contribution in [0.5, 0.6) is 0 Å². The van der Waals surface area contributed by atoms with E-state index in [-0.39, 0.29) is 36.3 Å². The Morgan fingerprint density at radius 3 is 2.44 bits per heavy atom. The monoisotopic (exact) mass is 393 g/mol. The van der Waals surface area contributed by atoms with Gasteiger partial charge < -0.3 is 15.5 Å². The van der Waals surface area contributed by atoms with Gasteiger partial charge in [-0.1, -0.05) is 25.0 Å². The number of benzene rings is 1. The van der Waals surface area contributed by atoms with Gasteiger partial charge in [0.05, 0.1) is 6.04 Å². The largest absolute Gasteiger partial charge is 0.336 e. The normalized spacial score (nSPS) is 24.1. The number of anilines is 1. The van der Waals surface area contributed by atoms with Crippen molar-refractivity contribution in [2.45, 2.75) is 77.5 Å². The zero-order valence-electron chi connectivity index (χ0n) is 16.5. The standard InChI is InChI=1S/C21H31N3O2.ClH/c1-14(2)24(15(3)25)13-16-8-10-18(11-9-16)22-21(26)20-12-17-6-4-5-7-19(17)23-20;/h8-11,14,17,19-20,23H,4-7,12-13H2,1-3H3,(H,22,26);1H. The molecule has 2 aliphatic rings. The lowest BCUT2D eigenvalue weighted by molar-refractivity contribution is -0.131. The molecule has 1 aromatic rings. The van der Waals surface area contributed by atoms with Gasteiger partial charge in [-0.3, -0.25) is 9.59 Å². The summed E-state index contributed by atoms with van der Waals surface area (Å²) in [7, 11) is 0. The molecule has 0 aromatic heterocycles. The first kappa shape index (κ1) is 21.7. The Kier molecular flexibility index (Phi) is 7.68. The van der Waals surface area contributed by atoms with Crippen molar-refractivity contribution in [2.75, 3.05) is 5.32 Å². The van der Waals surface area contributed by atoms with Crippen LogP contribution < -0.4 is 10.6 Å². The molecule has 3 atom stereocenters. The highest BCUT2D eigenvalue weighted by Gasteiger charge is 2.38. The number of amides is 2. The first-order valence-corrected chi connectivity index (χ1v) is 9.87. The molecule has 1 aromatic carbocycles. The molecule has 2 amide bonds. The minimum atomic E-state index is -0.0723. The number of halogens is 1. The highest BCUT2D eigenvalue weighted by molar-refractivity contribution is 5.95. The van der Waals surface area contributed by atoms with Crippen molar-refractivity contribution in [3.8, 4) is 0 Å². The van der Waals surface area contributed by atoms with Crippen molar-refractivity contribution in [3.05, 3.63) is 29.8 Å². The molecule has 0 radical (unpaired) electrons. The lowest BCUT2D eigenvalue weighted by Gasteiger charge is -2.25. The molecule has 0 bridgehead atoms. The Morgan fingerprint density at radius 1 is 1.19 bits per heavy atom. The molecule has 1 saturated carbocycles. The van der Waals surface area contributed by atoms with Gasteiger partial charge in [-0.25, -0.2) is 0 Å². The fourth-order valence-electron chi connectivity index (χ4n) is 4.30. The fraction of sp³-hybridized carbons (Fsp3) is 0.619. The van der Waals surface area contributed by atoms with E-state index in [0.29, 0.717) is 18.5 Å². The molecule has 0 spiro atoms. The van der Waals surface area contributed by atoms with Crippen LogP contribution >= 0.6 is 12.4 Å². The minimum Gasteiger partial charge on any atom is -0.336 e. The summed E-state index contributed by atoms with van der Waals surface area (Å²) in [4.78, 5) is 26.1. The van der Waals surface area contributed by atoms with Crippen molar-refractivity contribution < 1.29 is 9.59 Å². The summed E-state index contributed by atoms with van der Waals surface area (Å²) in [6.07, 6.45) is 5.98. The lowest BCUT2D eigenvalue weighted by Crippen LogP contribution is -2.39. The first-order chi connectivity index (χ1) is 12.4. The Hall–Kier alpha value is -1.59. The third kappa shape index (κ3) is 5.45. The number of nitrogens with zero attached hydrogens (tertiary/aromatic N) is 1. The Balaban J connectivity index is 0.00000261. The van der Waals surface area contributed by atoms with Crippen LogP contribution in [-0.4, -0.2) is 34.8 Å². The predicted molar refractivity (Wildman–Crippen MR) is 111 cm³/mol. The average Bonchev–Trinajstić information content (AvgIpc) is 3.04. The van der Waals surface area contributed by atoms with E-state index in [1.165, 1.54) is 25.7 Å². The van der Waals surface area contributed by atoms with Crippen molar-refractivity contribution in [1.82, 2.24) is 10.2 Å². The number of rotatable bonds is 5. The number of hydrogen-bond acceptors (Lipinski definition) is 3. The topological polar surface area (TPSA) is 61.4 Å². The fourth-order valence-corrected chi connectivity index (χ4v) is 4.30. The molecule has 27 heavy (non-hydrogen) atoms. The van der Waals surface area contributed by atoms with E-state index in [0.717, 1.165) is 17.7 Å². The van der Waals surface area contributed by atoms with Gasteiger partial charge in [0.15, 0.2) is 0 Å². The van der Waals surface area contributed by atoms with Gasteiger partial charge in [0.2, 0.25) is 11.8 Å². The molecule has 6 heteroatoms. The van der Waals surface area contributed by atoms with E-state index in [2.05, 4.69) is 10.6 Å². The third-order valence-corrected chi connectivity index (χ3v) is 5.78. The number of nitrogens with one attached hydrogen (secondary N) is 2. The Labute approximate surface area is 168 Å². The maximum absolute atomic E-state index is 12.6. The number of fused-ring (bicyclic) bond motifs is 1. The second kappa shape index (κ2) is 9.56. The second-order valence-corrected chi connectivity index (χ2v) is 8.03. The van der Waals surface area contributed by atoms with Crippen LogP contribution in [0.3, 0.4) is 0 Å². The second-order valence-electron chi connectivity index (χ2n) is 8.03. The lowest BCUT2D eigenvalue weighted by atomic mass is 9.85. The van der Waals surface area contributed by atoms with Crippen LogP contribution in [0.4, 0.5) is 5.69 Å². The summed E-state index contributed by atoms with van der Waals surface area (Å²) >= 11 is 0. The van der Waals surface area contributed by atoms with Crippen LogP contribution in [0.25, 0.3) is 0 Å². The molecule has 2 N–H and O–H groups in total. The number of carbonyl (C=O) groups excluding carboxylic acids is 2. The zero-order valence-corrected chi connectivity index (χ0v) is 17.3. The van der Waals surface area contributed by atoms with Crippen molar-refractivity contribution >= 4 is 29.9 Å². The van der Waals surface area contributed by atoms with Crippen molar-refractivity contribution in [3.63, 3.8) is 0 Å². The van der Waals surface area contributed by atoms with E-state index in [9.17, 15) is 9.59 Å². The van der Waals surface area contributed by atoms with Gasteiger partial charge in [0.25, 0.3) is 0 Å². The SMILES string of the molecule is CC(=O)N(Cc1ccc(NC(=O)C2CC3CCCCC3N2)cc1)C(C)C.Cl. The van der Waals surface area contributed by atoms with Crippen LogP contribution in [0, 0.1) is 5.92 Å². The smallest absolute Gasteiger partial charge is 0.241 e. The zero-order chi connectivity index (χ0) is 18.7. The Bertz CT molecular complexity index is 633. The molecule has 5 nitrogen and oxygen atoms in total. The maximum atomic E-state index is 12.6. The molecular weight excluding hydrogens is 362 g/mol. The van der Waals surface area contributed by atoms with Crippen LogP contribution in [0.2, 0.25) is 0 Å². The highest BCUT2D eigenvalue weighted by Crippen LogP contribution is 2.33. The summed E-state index contributed by atoms with van der Waals surface area (Å²) in [5, 5.41) is 6.56. The summed E-state index contributed by atoms with van der Waals surface area (Å²) in [6, 6.07) is 8.43. The van der Waals surface area contributed by atoms with Gasteiger partial charge in [-0.05, 0) is 56.7 Å². The van der Waals surface area contributed by atoms with Gasteiger partial charge in [-0.15, -0.1) is 12.4 Å². The molecule has 1 aliphatic heterocycles. The third-order valence-electron chi connectivity index (χ3n) is 5.78. The van der Waals surface area contributed by atoms with E-state index in [1.807, 2.05) is 43.0 Å². The Morgan fingerprint density at radius 2 is 1.85 bits per heavy atom. The van der Waals surface area contributed by atoms with Crippen LogP contribution in [0.1, 0.15) is 58.4 Å². The average molecular weight is 394 g/mol. The predicted octanol–water partition coefficient (Wildman–Crippen LogP) is 3.72.